The van der Waals surface area contributed by atoms with E-state index in [0.717, 1.165) is 25.9 Å². The molecule has 1 heterocycles. The van der Waals surface area contributed by atoms with Crippen molar-refractivity contribution in [2.75, 3.05) is 38.7 Å². The maximum absolute atomic E-state index is 13.8. The molecule has 1 amide bonds. The third-order valence-electron chi connectivity index (χ3n) is 3.70. The van der Waals surface area contributed by atoms with E-state index < -0.39 is 5.82 Å². The van der Waals surface area contributed by atoms with Crippen molar-refractivity contribution in [2.45, 2.75) is 19.3 Å². The van der Waals surface area contributed by atoms with Gasteiger partial charge in [-0.3, -0.25) is 4.79 Å². The first-order valence-corrected chi connectivity index (χ1v) is 7.61. The van der Waals surface area contributed by atoms with Gasteiger partial charge in [0.05, 0.1) is 6.61 Å². The van der Waals surface area contributed by atoms with Gasteiger partial charge in [-0.25, -0.2) is 4.39 Å². The lowest BCUT2D eigenvalue weighted by atomic mass is 10.0. The van der Waals surface area contributed by atoms with Crippen molar-refractivity contribution in [3.63, 3.8) is 0 Å². The van der Waals surface area contributed by atoms with Crippen LogP contribution in [0.4, 0.5) is 10.1 Å². The largest absolute Gasteiger partial charge is 0.488 e. The molecule has 1 aromatic rings. The van der Waals surface area contributed by atoms with E-state index in [-0.39, 0.29) is 30.7 Å². The van der Waals surface area contributed by atoms with E-state index in [0.29, 0.717) is 24.6 Å². The van der Waals surface area contributed by atoms with Crippen molar-refractivity contribution in [3.05, 3.63) is 24.0 Å². The highest BCUT2D eigenvalue weighted by Gasteiger charge is 2.16. The minimum Gasteiger partial charge on any atom is -0.488 e. The molecule has 1 aliphatic heterocycles. The summed E-state index contributed by atoms with van der Waals surface area (Å²) in [6.45, 7) is 2.69. The predicted molar refractivity (Wildman–Crippen MR) is 89.9 cm³/mol. The highest BCUT2D eigenvalue weighted by atomic mass is 35.5. The van der Waals surface area contributed by atoms with Crippen LogP contribution in [-0.2, 0) is 9.53 Å². The van der Waals surface area contributed by atoms with Gasteiger partial charge in [-0.15, -0.1) is 12.4 Å². The number of hydrogen-bond acceptors (Lipinski definition) is 4. The van der Waals surface area contributed by atoms with Gasteiger partial charge < -0.3 is 20.1 Å². The van der Waals surface area contributed by atoms with Gasteiger partial charge in [-0.2, -0.15) is 0 Å². The zero-order valence-electron chi connectivity index (χ0n) is 13.3. The number of carbonyl (C=O) groups is 1. The second-order valence-electron chi connectivity index (χ2n) is 5.43. The van der Waals surface area contributed by atoms with E-state index in [2.05, 4.69) is 10.6 Å². The molecule has 1 unspecified atom stereocenters. The Hall–Kier alpha value is -1.37. The summed E-state index contributed by atoms with van der Waals surface area (Å²) in [5.41, 5.74) is 0.450. The molecule has 1 fully saturated rings. The topological polar surface area (TPSA) is 59.6 Å². The van der Waals surface area contributed by atoms with Crippen LogP contribution in [0.15, 0.2) is 18.2 Å². The molecular weight excluding hydrogens is 323 g/mol. The molecule has 2 rings (SSSR count). The number of ether oxygens (including phenoxy) is 2. The zero-order valence-corrected chi connectivity index (χ0v) is 14.1. The van der Waals surface area contributed by atoms with Crippen molar-refractivity contribution >= 4 is 24.0 Å². The number of hydrogen-bond donors (Lipinski definition) is 2. The van der Waals surface area contributed by atoms with Crippen LogP contribution in [0.5, 0.6) is 5.75 Å². The number of halogens is 2. The summed E-state index contributed by atoms with van der Waals surface area (Å²) in [4.78, 5) is 11.9. The number of amides is 1. The fraction of sp³-hybridized carbons (Fsp3) is 0.562. The Morgan fingerprint density at radius 3 is 2.91 bits per heavy atom. The van der Waals surface area contributed by atoms with Crippen molar-refractivity contribution in [3.8, 4) is 5.75 Å². The molecule has 7 heteroatoms. The molecule has 5 nitrogen and oxygen atoms in total. The predicted octanol–water partition coefficient (Wildman–Crippen LogP) is 2.60. The van der Waals surface area contributed by atoms with E-state index in [4.69, 9.17) is 9.47 Å². The second-order valence-corrected chi connectivity index (χ2v) is 5.43. The Bertz CT molecular complexity index is 496. The molecule has 0 aromatic heterocycles. The molecule has 0 aliphatic carbocycles. The fourth-order valence-electron chi connectivity index (χ4n) is 2.45. The van der Waals surface area contributed by atoms with Gasteiger partial charge in [0.15, 0.2) is 11.6 Å². The lowest BCUT2D eigenvalue weighted by Gasteiger charge is -2.10. The average molecular weight is 347 g/mol. The summed E-state index contributed by atoms with van der Waals surface area (Å²) in [7, 11) is 1.56. The Labute approximate surface area is 142 Å². The molecule has 1 saturated heterocycles. The fourth-order valence-corrected chi connectivity index (χ4v) is 2.45. The third kappa shape index (κ3) is 6.72. The second kappa shape index (κ2) is 10.4. The minimum atomic E-state index is -0.492. The molecule has 130 valence electrons. The number of methoxy groups -OCH3 is 1. The van der Waals surface area contributed by atoms with E-state index >= 15 is 0 Å². The zero-order chi connectivity index (χ0) is 15.8. The highest BCUT2D eigenvalue weighted by molar-refractivity contribution is 5.90. The first kappa shape index (κ1) is 19.7. The maximum Gasteiger partial charge on any atom is 0.224 e. The van der Waals surface area contributed by atoms with Crippen molar-refractivity contribution in [1.29, 1.82) is 0 Å². The summed E-state index contributed by atoms with van der Waals surface area (Å²) in [6, 6.07) is 4.43. The molecule has 0 bridgehead atoms. The van der Waals surface area contributed by atoms with Crippen LogP contribution in [-0.4, -0.2) is 39.3 Å². The Morgan fingerprint density at radius 1 is 1.43 bits per heavy atom. The van der Waals surface area contributed by atoms with Crippen LogP contribution >= 0.6 is 12.4 Å². The SMILES string of the molecule is COCCOc1ccc(NC(=O)CCC2CCNC2)cc1F.Cl. The van der Waals surface area contributed by atoms with E-state index in [1.165, 1.54) is 12.1 Å². The number of nitrogens with one attached hydrogen (secondary N) is 2. The average Bonchev–Trinajstić information content (AvgIpc) is 3.01. The van der Waals surface area contributed by atoms with Crippen LogP contribution in [0, 0.1) is 11.7 Å². The van der Waals surface area contributed by atoms with Crippen LogP contribution in [0.3, 0.4) is 0 Å². The van der Waals surface area contributed by atoms with E-state index in [9.17, 15) is 9.18 Å². The summed E-state index contributed by atoms with van der Waals surface area (Å²) in [5.74, 6) is 0.152. The van der Waals surface area contributed by atoms with Crippen LogP contribution in [0.1, 0.15) is 19.3 Å². The van der Waals surface area contributed by atoms with Gasteiger partial charge in [0, 0.05) is 25.3 Å². The molecule has 1 atom stereocenters. The summed E-state index contributed by atoms with van der Waals surface area (Å²) < 4.78 is 23.9. The molecule has 0 radical (unpaired) electrons. The van der Waals surface area contributed by atoms with Crippen LogP contribution in [0.25, 0.3) is 0 Å². The summed E-state index contributed by atoms with van der Waals surface area (Å²) in [6.07, 6.45) is 2.44. The van der Waals surface area contributed by atoms with Crippen molar-refractivity contribution < 1.29 is 18.7 Å². The maximum atomic E-state index is 13.8. The van der Waals surface area contributed by atoms with Crippen LogP contribution in [0.2, 0.25) is 0 Å². The standard InChI is InChI=1S/C16H23FN2O3.ClH/c1-21-8-9-22-15-4-3-13(10-14(15)17)19-16(20)5-2-12-6-7-18-11-12;/h3-4,10,12,18H,2,5-9,11H2,1H3,(H,19,20);1H. The van der Waals surface area contributed by atoms with Gasteiger partial charge in [-0.1, -0.05) is 0 Å². The Kier molecular flexibility index (Phi) is 8.91. The molecule has 23 heavy (non-hydrogen) atoms. The Morgan fingerprint density at radius 2 is 2.26 bits per heavy atom. The van der Waals surface area contributed by atoms with Gasteiger partial charge in [0.2, 0.25) is 5.91 Å². The van der Waals surface area contributed by atoms with Gasteiger partial charge >= 0.3 is 0 Å². The monoisotopic (exact) mass is 346 g/mol. The molecule has 0 spiro atoms. The first-order valence-electron chi connectivity index (χ1n) is 7.61. The number of anilines is 1. The molecule has 0 saturated carbocycles. The van der Waals surface area contributed by atoms with Crippen molar-refractivity contribution in [1.82, 2.24) is 5.32 Å². The van der Waals surface area contributed by atoms with Crippen LogP contribution < -0.4 is 15.4 Å². The normalized spacial score (nSPS) is 16.7. The first-order chi connectivity index (χ1) is 10.7. The van der Waals surface area contributed by atoms with E-state index in [1.807, 2.05) is 0 Å². The summed E-state index contributed by atoms with van der Waals surface area (Å²) in [5, 5.41) is 6.00. The Balaban J connectivity index is 0.00000264. The van der Waals surface area contributed by atoms with Gasteiger partial charge in [0.25, 0.3) is 0 Å². The molecular formula is C16H24ClFN2O3. The lowest BCUT2D eigenvalue weighted by Crippen LogP contribution is -2.15. The number of carbonyl (C=O) groups excluding carboxylic acids is 1. The molecule has 1 aromatic carbocycles. The van der Waals surface area contributed by atoms with Crippen molar-refractivity contribution in [2.24, 2.45) is 5.92 Å². The molecule has 1 aliphatic rings. The quantitative estimate of drug-likeness (QED) is 0.710. The smallest absolute Gasteiger partial charge is 0.224 e. The van der Waals surface area contributed by atoms with Gasteiger partial charge in [-0.05, 0) is 44.0 Å². The highest BCUT2D eigenvalue weighted by Crippen LogP contribution is 2.22. The number of rotatable bonds is 8. The lowest BCUT2D eigenvalue weighted by molar-refractivity contribution is -0.116. The van der Waals surface area contributed by atoms with Gasteiger partial charge in [0.1, 0.15) is 6.61 Å². The summed E-state index contributed by atoms with van der Waals surface area (Å²) >= 11 is 0. The minimum absolute atomic E-state index is 0. The van der Waals surface area contributed by atoms with E-state index in [1.54, 1.807) is 13.2 Å². The number of benzene rings is 1. The third-order valence-corrected chi connectivity index (χ3v) is 3.70. The molecule has 2 N–H and O–H groups in total.